The molecule has 1 aliphatic heterocycles. The number of ether oxygens (including phenoxy) is 1. The number of nitrogens with two attached hydrogens (primary N) is 1. The topological polar surface area (TPSA) is 94.3 Å². The summed E-state index contributed by atoms with van der Waals surface area (Å²) in [5.41, 5.74) is 6.68. The van der Waals surface area contributed by atoms with Crippen LogP contribution >= 0.6 is 11.3 Å². The van der Waals surface area contributed by atoms with Gasteiger partial charge in [-0.05, 0) is 49.2 Å². The average Bonchev–Trinajstić information content (AvgIpc) is 3.38. The van der Waals surface area contributed by atoms with Gasteiger partial charge in [0, 0.05) is 6.04 Å². The molecule has 1 atom stereocenters. The van der Waals surface area contributed by atoms with E-state index in [1.807, 2.05) is 0 Å². The number of amides is 1. The normalized spacial score (nSPS) is 15.8. The second-order valence-corrected chi connectivity index (χ2v) is 7.85. The largest absolute Gasteiger partial charge is 0.410 e. The minimum atomic E-state index is -0.935. The van der Waals surface area contributed by atoms with E-state index in [1.165, 1.54) is 23.5 Å². The molecule has 1 aromatic heterocycles. The van der Waals surface area contributed by atoms with E-state index in [9.17, 15) is 14.0 Å². The number of hydrogen-bond acceptors (Lipinski definition) is 6. The summed E-state index contributed by atoms with van der Waals surface area (Å²) in [5, 5.41) is 3.77. The molecule has 0 bridgehead atoms. The summed E-state index contributed by atoms with van der Waals surface area (Å²) in [7, 11) is 0. The summed E-state index contributed by atoms with van der Waals surface area (Å²) in [6, 6.07) is 12.8. The number of thiazole rings is 1. The van der Waals surface area contributed by atoms with Gasteiger partial charge in [0.15, 0.2) is 5.78 Å². The molecule has 1 aliphatic rings. The lowest BCUT2D eigenvalue weighted by Gasteiger charge is -2.08. The molecule has 8 heteroatoms. The molecule has 0 spiro atoms. The fourth-order valence-electron chi connectivity index (χ4n) is 3.36. The number of rotatable bonds is 6. The number of primary amides is 1. The van der Waals surface area contributed by atoms with Crippen LogP contribution < -0.4 is 15.8 Å². The number of hydrogen-bond donors (Lipinski definition) is 2. The van der Waals surface area contributed by atoms with E-state index in [-0.39, 0.29) is 29.1 Å². The highest BCUT2D eigenvalue weighted by Gasteiger charge is 2.26. The van der Waals surface area contributed by atoms with Crippen molar-refractivity contribution in [2.75, 3.05) is 6.54 Å². The average molecular weight is 424 g/mol. The SMILES string of the molecule is NC(=O)Oc1ccccc1-c1nc(C(=O)[CH]C2CCCN2)c(-c2ccc(F)cc2)s1. The quantitative estimate of drug-likeness (QED) is 0.578. The number of nitrogens with zero attached hydrogens (tertiary/aromatic N) is 1. The van der Waals surface area contributed by atoms with E-state index in [0.717, 1.165) is 19.4 Å². The maximum atomic E-state index is 13.4. The molecule has 30 heavy (non-hydrogen) atoms. The molecule has 1 fully saturated rings. The van der Waals surface area contributed by atoms with Crippen molar-refractivity contribution in [3.8, 4) is 26.8 Å². The number of aromatic nitrogens is 1. The van der Waals surface area contributed by atoms with Crippen molar-refractivity contribution >= 4 is 23.2 Å². The Hall–Kier alpha value is -3.10. The van der Waals surface area contributed by atoms with Crippen LogP contribution in [0.15, 0.2) is 48.5 Å². The highest BCUT2D eigenvalue weighted by atomic mass is 32.1. The van der Waals surface area contributed by atoms with Crippen LogP contribution in [0.5, 0.6) is 5.75 Å². The minimum absolute atomic E-state index is 0.00852. The van der Waals surface area contributed by atoms with Crippen molar-refractivity contribution in [3.63, 3.8) is 0 Å². The van der Waals surface area contributed by atoms with Crippen molar-refractivity contribution in [2.24, 2.45) is 5.73 Å². The summed E-state index contributed by atoms with van der Waals surface area (Å²) in [4.78, 5) is 29.5. The third-order valence-corrected chi connectivity index (χ3v) is 5.88. The van der Waals surface area contributed by atoms with Crippen molar-refractivity contribution < 1.29 is 18.7 Å². The molecular formula is C22H19FN3O3S. The Bertz CT molecular complexity index is 1080. The van der Waals surface area contributed by atoms with Gasteiger partial charge in [0.25, 0.3) is 0 Å². The van der Waals surface area contributed by atoms with Gasteiger partial charge in [-0.15, -0.1) is 11.3 Å². The lowest BCUT2D eigenvalue weighted by Crippen LogP contribution is -2.25. The predicted molar refractivity (Wildman–Crippen MR) is 113 cm³/mol. The Morgan fingerprint density at radius 1 is 1.20 bits per heavy atom. The Kier molecular flexibility index (Phi) is 5.87. The number of para-hydroxylation sites is 1. The zero-order chi connectivity index (χ0) is 21.1. The van der Waals surface area contributed by atoms with Gasteiger partial charge in [0.05, 0.1) is 16.9 Å². The molecule has 1 saturated heterocycles. The Labute approximate surface area is 176 Å². The molecule has 153 valence electrons. The predicted octanol–water partition coefficient (Wildman–Crippen LogP) is 4.21. The first-order valence-corrected chi connectivity index (χ1v) is 10.3. The van der Waals surface area contributed by atoms with Crippen LogP contribution in [0, 0.1) is 12.2 Å². The summed E-state index contributed by atoms with van der Waals surface area (Å²) in [5.74, 6) is -0.312. The number of nitrogens with one attached hydrogen (secondary N) is 1. The number of ketones is 1. The Morgan fingerprint density at radius 3 is 2.67 bits per heavy atom. The van der Waals surface area contributed by atoms with Crippen molar-refractivity contribution in [1.29, 1.82) is 0 Å². The maximum absolute atomic E-state index is 13.4. The van der Waals surface area contributed by atoms with E-state index < -0.39 is 6.09 Å². The van der Waals surface area contributed by atoms with Crippen LogP contribution in [-0.4, -0.2) is 29.4 Å². The monoisotopic (exact) mass is 424 g/mol. The van der Waals surface area contributed by atoms with Crippen LogP contribution in [0.3, 0.4) is 0 Å². The zero-order valence-electron chi connectivity index (χ0n) is 15.9. The van der Waals surface area contributed by atoms with Gasteiger partial charge in [0.2, 0.25) is 0 Å². The third-order valence-electron chi connectivity index (χ3n) is 4.75. The van der Waals surface area contributed by atoms with E-state index in [1.54, 1.807) is 42.8 Å². The Morgan fingerprint density at radius 2 is 1.97 bits per heavy atom. The molecule has 1 radical (unpaired) electrons. The number of carbonyl (C=O) groups excluding carboxylic acids is 2. The highest BCUT2D eigenvalue weighted by molar-refractivity contribution is 7.18. The molecule has 0 saturated carbocycles. The minimum Gasteiger partial charge on any atom is -0.410 e. The summed E-state index contributed by atoms with van der Waals surface area (Å²) >= 11 is 1.27. The first kappa shape index (κ1) is 20.2. The summed E-state index contributed by atoms with van der Waals surface area (Å²) < 4.78 is 18.5. The number of carbonyl (C=O) groups is 2. The van der Waals surface area contributed by atoms with Gasteiger partial charge in [-0.2, -0.15) is 0 Å². The van der Waals surface area contributed by atoms with Gasteiger partial charge in [-0.3, -0.25) is 4.79 Å². The summed E-state index contributed by atoms with van der Waals surface area (Å²) in [6.07, 6.45) is 2.61. The van der Waals surface area contributed by atoms with Crippen molar-refractivity contribution in [1.82, 2.24) is 10.3 Å². The third kappa shape index (κ3) is 4.39. The molecule has 6 nitrogen and oxygen atoms in total. The molecule has 3 aromatic rings. The van der Waals surface area contributed by atoms with Crippen LogP contribution in [0.25, 0.3) is 21.0 Å². The van der Waals surface area contributed by atoms with Gasteiger partial charge in [-0.1, -0.05) is 24.3 Å². The second kappa shape index (κ2) is 8.73. The molecule has 2 aromatic carbocycles. The first-order valence-electron chi connectivity index (χ1n) is 9.47. The van der Waals surface area contributed by atoms with E-state index in [2.05, 4.69) is 10.3 Å². The van der Waals surface area contributed by atoms with Crippen LogP contribution in [0.2, 0.25) is 0 Å². The maximum Gasteiger partial charge on any atom is 0.409 e. The van der Waals surface area contributed by atoms with Gasteiger partial charge < -0.3 is 15.8 Å². The molecule has 1 unspecified atom stereocenters. The lowest BCUT2D eigenvalue weighted by molar-refractivity contribution is 0.101. The zero-order valence-corrected chi connectivity index (χ0v) is 16.7. The summed E-state index contributed by atoms with van der Waals surface area (Å²) in [6.45, 7) is 0.874. The molecule has 4 rings (SSSR count). The van der Waals surface area contributed by atoms with E-state index >= 15 is 0 Å². The lowest BCUT2D eigenvalue weighted by atomic mass is 10.0. The molecule has 3 N–H and O–H groups in total. The van der Waals surface area contributed by atoms with E-state index in [4.69, 9.17) is 10.5 Å². The first-order chi connectivity index (χ1) is 14.5. The fourth-order valence-corrected chi connectivity index (χ4v) is 4.46. The Balaban J connectivity index is 1.77. The van der Waals surface area contributed by atoms with Crippen LogP contribution in [-0.2, 0) is 0 Å². The number of Topliss-reactive ketones (excluding diaryl/α,β-unsaturated/α-hetero) is 1. The molecule has 0 aliphatic carbocycles. The molecular weight excluding hydrogens is 405 g/mol. The van der Waals surface area contributed by atoms with Gasteiger partial charge >= 0.3 is 6.09 Å². The van der Waals surface area contributed by atoms with Crippen LogP contribution in [0.1, 0.15) is 23.3 Å². The smallest absolute Gasteiger partial charge is 0.409 e. The van der Waals surface area contributed by atoms with Crippen LogP contribution in [0.4, 0.5) is 9.18 Å². The molecule has 1 amide bonds. The van der Waals surface area contributed by atoms with Crippen molar-refractivity contribution in [2.45, 2.75) is 18.9 Å². The highest BCUT2D eigenvalue weighted by Crippen LogP contribution is 2.39. The molecule has 2 heterocycles. The number of benzene rings is 2. The van der Waals surface area contributed by atoms with E-state index in [0.29, 0.717) is 21.0 Å². The van der Waals surface area contributed by atoms with Crippen molar-refractivity contribution in [3.05, 3.63) is 66.5 Å². The van der Waals surface area contributed by atoms with Gasteiger partial charge in [0.1, 0.15) is 22.3 Å². The number of halogens is 1. The fraction of sp³-hybridized carbons (Fsp3) is 0.182. The second-order valence-electron chi connectivity index (χ2n) is 6.85. The van der Waals surface area contributed by atoms with Gasteiger partial charge in [-0.25, -0.2) is 14.2 Å². The standard InChI is InChI=1S/C22H19FN3O3S/c23-14-9-7-13(8-10-14)20-19(17(27)12-15-4-3-11-25-15)26-21(30-20)16-5-1-2-6-18(16)29-22(24)28/h1-2,5-10,12,15,25H,3-4,11H2,(H2,24,28).